The number of alkyl halides is 6. The van der Waals surface area contributed by atoms with E-state index >= 15 is 0 Å². The molecule has 0 N–H and O–H groups in total. The van der Waals surface area contributed by atoms with Crippen LogP contribution in [0.2, 0.25) is 0 Å². The highest BCUT2D eigenvalue weighted by Crippen LogP contribution is 2.30. The van der Waals surface area contributed by atoms with Gasteiger partial charge in [0.1, 0.15) is 5.75 Å². The van der Waals surface area contributed by atoms with Gasteiger partial charge in [0, 0.05) is 11.1 Å². The summed E-state index contributed by atoms with van der Waals surface area (Å²) in [6.07, 6.45) is -7.63. The van der Waals surface area contributed by atoms with Crippen molar-refractivity contribution in [1.29, 1.82) is 0 Å². The maximum Gasteiger partial charge on any atom is 0.573 e. The van der Waals surface area contributed by atoms with Crippen LogP contribution in [0.3, 0.4) is 0 Å². The van der Waals surface area contributed by atoms with E-state index in [1.54, 1.807) is 0 Å². The molecular weight excluding hydrogens is 255 g/mol. The molecule has 90 valence electrons. The lowest BCUT2D eigenvalue weighted by Crippen LogP contribution is -2.18. The first-order chi connectivity index (χ1) is 7.33. The Kier molecular flexibility index (Phi) is 3.96. The number of hydrogen-bond acceptors (Lipinski definition) is 1. The Labute approximate surface area is 92.8 Å². The van der Waals surface area contributed by atoms with Gasteiger partial charge in [-0.05, 0) is 18.2 Å². The van der Waals surface area contributed by atoms with Crippen molar-refractivity contribution >= 4 is 11.6 Å². The molecule has 0 atom stereocenters. The third-order valence-electron chi connectivity index (χ3n) is 1.71. The van der Waals surface area contributed by atoms with Gasteiger partial charge in [0.2, 0.25) is 0 Å². The van der Waals surface area contributed by atoms with Crippen molar-refractivity contribution < 1.29 is 26.7 Å². The fourth-order valence-corrected chi connectivity index (χ4v) is 1.27. The molecule has 0 saturated heterocycles. The molecule has 0 aromatic heterocycles. The number of halogens is 6. The molecule has 0 amide bonds. The molecule has 0 bridgehead atoms. The summed E-state index contributed by atoms with van der Waals surface area (Å²) in [6, 6.07) is 2.58. The third-order valence-corrected chi connectivity index (χ3v) is 1.99. The molecule has 1 aromatic carbocycles. The Morgan fingerprint density at radius 1 is 1.25 bits per heavy atom. The molecule has 0 unspecified atom stereocenters. The fraction of sp³-hybridized carbons (Fsp3) is 0.333. The lowest BCUT2D eigenvalue weighted by atomic mass is 10.1. The van der Waals surface area contributed by atoms with Crippen LogP contribution in [-0.4, -0.2) is 6.36 Å². The summed E-state index contributed by atoms with van der Waals surface area (Å²) < 4.78 is 63.8. The van der Waals surface area contributed by atoms with Gasteiger partial charge in [-0.3, -0.25) is 0 Å². The second kappa shape index (κ2) is 4.86. The van der Waals surface area contributed by atoms with E-state index in [1.165, 1.54) is 0 Å². The van der Waals surface area contributed by atoms with Gasteiger partial charge in [-0.25, -0.2) is 8.78 Å². The van der Waals surface area contributed by atoms with E-state index in [2.05, 4.69) is 4.74 Å². The monoisotopic (exact) mass is 260 g/mol. The van der Waals surface area contributed by atoms with E-state index in [-0.39, 0.29) is 11.4 Å². The first kappa shape index (κ1) is 13.0. The molecule has 0 aliphatic rings. The first-order valence-corrected chi connectivity index (χ1v) is 4.59. The maximum absolute atomic E-state index is 12.2. The van der Waals surface area contributed by atoms with Crippen LogP contribution in [-0.2, 0) is 5.88 Å². The quantitative estimate of drug-likeness (QED) is 0.583. The smallest absolute Gasteiger partial charge is 0.405 e. The van der Waals surface area contributed by atoms with Crippen molar-refractivity contribution in [1.82, 2.24) is 0 Å². The van der Waals surface area contributed by atoms with Crippen LogP contribution in [0.25, 0.3) is 0 Å². The van der Waals surface area contributed by atoms with Crippen LogP contribution < -0.4 is 4.74 Å². The maximum atomic E-state index is 12.2. The van der Waals surface area contributed by atoms with Gasteiger partial charge < -0.3 is 4.74 Å². The van der Waals surface area contributed by atoms with Crippen LogP contribution in [0.4, 0.5) is 22.0 Å². The zero-order valence-corrected chi connectivity index (χ0v) is 8.45. The van der Waals surface area contributed by atoms with E-state index in [9.17, 15) is 22.0 Å². The number of ether oxygens (including phenoxy) is 1. The normalized spacial score (nSPS) is 11.9. The fourth-order valence-electron chi connectivity index (χ4n) is 1.06. The van der Waals surface area contributed by atoms with E-state index in [1.807, 2.05) is 0 Å². The second-order valence-electron chi connectivity index (χ2n) is 2.85. The molecule has 0 heterocycles. The minimum absolute atomic E-state index is 0.128. The largest absolute Gasteiger partial charge is 0.573 e. The van der Waals surface area contributed by atoms with Gasteiger partial charge in [-0.1, -0.05) is 0 Å². The van der Waals surface area contributed by atoms with E-state index in [4.69, 9.17) is 11.6 Å². The molecule has 16 heavy (non-hydrogen) atoms. The van der Waals surface area contributed by atoms with Gasteiger partial charge in [-0.2, -0.15) is 0 Å². The molecule has 1 rings (SSSR count). The lowest BCUT2D eigenvalue weighted by Gasteiger charge is -2.13. The van der Waals surface area contributed by atoms with Gasteiger partial charge in [0.25, 0.3) is 6.43 Å². The molecule has 7 heteroatoms. The summed E-state index contributed by atoms with van der Waals surface area (Å²) >= 11 is 5.35. The molecule has 0 aliphatic heterocycles. The van der Waals surface area contributed by atoms with Gasteiger partial charge in [-0.15, -0.1) is 24.8 Å². The minimum atomic E-state index is -4.87. The van der Waals surface area contributed by atoms with E-state index in [0.717, 1.165) is 18.2 Å². The summed E-state index contributed by atoms with van der Waals surface area (Å²) in [4.78, 5) is 0. The highest BCUT2D eigenvalue weighted by molar-refractivity contribution is 6.17. The Morgan fingerprint density at radius 2 is 1.88 bits per heavy atom. The van der Waals surface area contributed by atoms with E-state index < -0.39 is 24.1 Å². The Balaban J connectivity index is 3.02. The third kappa shape index (κ3) is 3.52. The number of benzene rings is 1. The lowest BCUT2D eigenvalue weighted by molar-refractivity contribution is -0.274. The van der Waals surface area contributed by atoms with Gasteiger partial charge in [0.15, 0.2) is 0 Å². The highest BCUT2D eigenvalue weighted by Gasteiger charge is 2.32. The van der Waals surface area contributed by atoms with Crippen LogP contribution in [0.1, 0.15) is 17.6 Å². The summed E-state index contributed by atoms with van der Waals surface area (Å²) in [5.41, 5.74) is -0.526. The standard InChI is InChI=1S/C9H6ClF5O/c10-4-6-3-5(8(11)12)1-2-7(6)16-9(13,14)15/h1-3,8H,4H2. The Morgan fingerprint density at radius 3 is 2.31 bits per heavy atom. The van der Waals surface area contributed by atoms with Crippen molar-refractivity contribution in [3.63, 3.8) is 0 Å². The molecule has 0 saturated carbocycles. The molecule has 0 fully saturated rings. The number of rotatable bonds is 3. The number of hydrogen-bond donors (Lipinski definition) is 0. The van der Waals surface area contributed by atoms with Crippen molar-refractivity contribution in [2.24, 2.45) is 0 Å². The summed E-state index contributed by atoms with van der Waals surface area (Å²) in [7, 11) is 0. The molecule has 0 aliphatic carbocycles. The van der Waals surface area contributed by atoms with Crippen LogP contribution in [0.15, 0.2) is 18.2 Å². The predicted molar refractivity (Wildman–Crippen MR) is 47.6 cm³/mol. The zero-order valence-electron chi connectivity index (χ0n) is 7.69. The van der Waals surface area contributed by atoms with Crippen molar-refractivity contribution in [2.45, 2.75) is 18.7 Å². The van der Waals surface area contributed by atoms with Crippen molar-refractivity contribution in [3.8, 4) is 5.75 Å². The molecular formula is C9H6ClF5O. The van der Waals surface area contributed by atoms with Crippen molar-refractivity contribution in [2.75, 3.05) is 0 Å². The van der Waals surface area contributed by atoms with Crippen molar-refractivity contribution in [3.05, 3.63) is 29.3 Å². The molecule has 0 radical (unpaired) electrons. The summed E-state index contributed by atoms with van der Waals surface area (Å²) in [5, 5.41) is 0. The molecule has 1 aromatic rings. The van der Waals surface area contributed by atoms with Gasteiger partial charge in [0.05, 0.1) is 5.88 Å². The molecule has 1 nitrogen and oxygen atoms in total. The van der Waals surface area contributed by atoms with Crippen LogP contribution in [0.5, 0.6) is 5.75 Å². The summed E-state index contributed by atoms with van der Waals surface area (Å²) in [5.74, 6) is -0.904. The first-order valence-electron chi connectivity index (χ1n) is 4.06. The topological polar surface area (TPSA) is 9.23 Å². The minimum Gasteiger partial charge on any atom is -0.405 e. The second-order valence-corrected chi connectivity index (χ2v) is 3.12. The van der Waals surface area contributed by atoms with Crippen LogP contribution in [0, 0.1) is 0 Å². The SMILES string of the molecule is FC(F)c1ccc(OC(F)(F)F)c(CCl)c1. The predicted octanol–water partition coefficient (Wildman–Crippen LogP) is 4.26. The van der Waals surface area contributed by atoms with Crippen LogP contribution >= 0.6 is 11.6 Å². The zero-order chi connectivity index (χ0) is 12.3. The Hall–Kier alpha value is -1.04. The van der Waals surface area contributed by atoms with Gasteiger partial charge >= 0.3 is 6.36 Å². The molecule has 0 spiro atoms. The average Bonchev–Trinajstić information content (AvgIpc) is 2.15. The highest BCUT2D eigenvalue weighted by atomic mass is 35.5. The van der Waals surface area contributed by atoms with E-state index in [0.29, 0.717) is 0 Å². The Bertz CT molecular complexity index is 363. The average molecular weight is 261 g/mol. The summed E-state index contributed by atoms with van der Waals surface area (Å²) in [6.45, 7) is 0.